The highest BCUT2D eigenvalue weighted by atomic mass is 16.5. The lowest BCUT2D eigenvalue weighted by Gasteiger charge is -2.15. The van der Waals surface area contributed by atoms with E-state index in [9.17, 15) is 0 Å². The molecule has 19 heavy (non-hydrogen) atoms. The predicted molar refractivity (Wildman–Crippen MR) is 72.0 cm³/mol. The molecule has 0 saturated carbocycles. The first-order valence-electron chi connectivity index (χ1n) is 6.31. The highest BCUT2D eigenvalue weighted by molar-refractivity contribution is 5.26. The van der Waals surface area contributed by atoms with Crippen LogP contribution in [0.2, 0.25) is 0 Å². The number of hydrogen-bond acceptors (Lipinski definition) is 5. The van der Waals surface area contributed by atoms with E-state index in [4.69, 9.17) is 4.74 Å². The summed E-state index contributed by atoms with van der Waals surface area (Å²) in [5.41, 5.74) is 0. The molecule has 2 rings (SSSR count). The Morgan fingerprint density at radius 1 is 1.42 bits per heavy atom. The minimum Gasteiger partial charge on any atom is -0.383 e. The van der Waals surface area contributed by atoms with Crippen LogP contribution in [0.4, 0.5) is 5.95 Å². The van der Waals surface area contributed by atoms with Gasteiger partial charge in [-0.1, -0.05) is 0 Å². The summed E-state index contributed by atoms with van der Waals surface area (Å²) in [5.74, 6) is 1.68. The summed E-state index contributed by atoms with van der Waals surface area (Å²) in [4.78, 5) is 8.49. The normalized spacial score (nSPS) is 12.6. The second kappa shape index (κ2) is 6.33. The van der Waals surface area contributed by atoms with Crippen molar-refractivity contribution in [2.45, 2.75) is 19.4 Å². The van der Waals surface area contributed by atoms with Crippen LogP contribution in [-0.4, -0.2) is 44.6 Å². The van der Waals surface area contributed by atoms with Crippen LogP contribution in [0.25, 0.3) is 0 Å². The SMILES string of the molecule is COCC(C)n1ccnc1NCCc1ncn(C)n1. The van der Waals surface area contributed by atoms with Gasteiger partial charge in [0.25, 0.3) is 0 Å². The van der Waals surface area contributed by atoms with Gasteiger partial charge >= 0.3 is 0 Å². The Morgan fingerprint density at radius 2 is 2.26 bits per heavy atom. The molecule has 7 nitrogen and oxygen atoms in total. The molecule has 0 saturated heterocycles. The molecule has 7 heteroatoms. The fourth-order valence-electron chi connectivity index (χ4n) is 1.91. The molecular weight excluding hydrogens is 244 g/mol. The van der Waals surface area contributed by atoms with E-state index in [1.54, 1.807) is 24.3 Å². The van der Waals surface area contributed by atoms with Crippen LogP contribution in [0.1, 0.15) is 18.8 Å². The van der Waals surface area contributed by atoms with Crippen LogP contribution < -0.4 is 5.32 Å². The highest BCUT2D eigenvalue weighted by Gasteiger charge is 2.09. The summed E-state index contributed by atoms with van der Waals surface area (Å²) in [6.07, 6.45) is 6.21. The Labute approximate surface area is 112 Å². The number of methoxy groups -OCH3 is 1. The van der Waals surface area contributed by atoms with Crippen molar-refractivity contribution in [3.8, 4) is 0 Å². The van der Waals surface area contributed by atoms with Crippen molar-refractivity contribution < 1.29 is 4.74 Å². The van der Waals surface area contributed by atoms with E-state index < -0.39 is 0 Å². The van der Waals surface area contributed by atoms with Gasteiger partial charge in [-0.25, -0.2) is 9.97 Å². The van der Waals surface area contributed by atoms with Gasteiger partial charge in [-0.15, -0.1) is 0 Å². The molecule has 0 amide bonds. The lowest BCUT2D eigenvalue weighted by atomic mass is 10.3. The summed E-state index contributed by atoms with van der Waals surface area (Å²) in [7, 11) is 3.57. The zero-order valence-electron chi connectivity index (χ0n) is 11.6. The smallest absolute Gasteiger partial charge is 0.203 e. The van der Waals surface area contributed by atoms with Crippen LogP contribution in [0.15, 0.2) is 18.7 Å². The summed E-state index contributed by atoms with van der Waals surface area (Å²) in [6, 6.07) is 0.253. The Balaban J connectivity index is 1.87. The third-order valence-electron chi connectivity index (χ3n) is 2.83. The maximum atomic E-state index is 5.16. The molecule has 0 aliphatic heterocycles. The molecule has 0 aliphatic rings. The lowest BCUT2D eigenvalue weighted by Crippen LogP contribution is -2.16. The van der Waals surface area contributed by atoms with Crippen LogP contribution in [0.5, 0.6) is 0 Å². The van der Waals surface area contributed by atoms with Crippen molar-refractivity contribution in [3.05, 3.63) is 24.5 Å². The molecule has 1 atom stereocenters. The number of aromatic nitrogens is 5. The second-order valence-corrected chi connectivity index (χ2v) is 4.47. The highest BCUT2D eigenvalue weighted by Crippen LogP contribution is 2.13. The van der Waals surface area contributed by atoms with Gasteiger partial charge in [0.2, 0.25) is 5.95 Å². The molecular formula is C12H20N6O. The molecule has 104 valence electrons. The summed E-state index contributed by atoms with van der Waals surface area (Å²) in [6.45, 7) is 3.50. The number of anilines is 1. The van der Waals surface area contributed by atoms with E-state index >= 15 is 0 Å². The summed E-state index contributed by atoms with van der Waals surface area (Å²) < 4.78 is 8.93. The summed E-state index contributed by atoms with van der Waals surface area (Å²) in [5, 5.41) is 7.53. The van der Waals surface area contributed by atoms with Crippen molar-refractivity contribution in [2.75, 3.05) is 25.6 Å². The maximum absolute atomic E-state index is 5.16. The third-order valence-corrected chi connectivity index (χ3v) is 2.83. The van der Waals surface area contributed by atoms with Crippen LogP contribution in [-0.2, 0) is 18.2 Å². The molecule has 0 spiro atoms. The molecule has 1 N–H and O–H groups in total. The lowest BCUT2D eigenvalue weighted by molar-refractivity contribution is 0.163. The van der Waals surface area contributed by atoms with Crippen molar-refractivity contribution >= 4 is 5.95 Å². The van der Waals surface area contributed by atoms with Crippen molar-refractivity contribution in [2.24, 2.45) is 7.05 Å². The monoisotopic (exact) mass is 264 g/mol. The Hall–Kier alpha value is -1.89. The van der Waals surface area contributed by atoms with Gasteiger partial charge in [0.1, 0.15) is 6.33 Å². The number of rotatable bonds is 7. The van der Waals surface area contributed by atoms with Crippen LogP contribution >= 0.6 is 0 Å². The third kappa shape index (κ3) is 3.54. The Bertz CT molecular complexity index is 506. The van der Waals surface area contributed by atoms with Crippen molar-refractivity contribution in [1.82, 2.24) is 24.3 Å². The average molecular weight is 264 g/mol. The first kappa shape index (κ1) is 13.5. The van der Waals surface area contributed by atoms with E-state index in [2.05, 4.69) is 31.9 Å². The fraction of sp³-hybridized carbons (Fsp3) is 0.583. The molecule has 0 bridgehead atoms. The van der Waals surface area contributed by atoms with Crippen LogP contribution in [0, 0.1) is 0 Å². The predicted octanol–water partition coefficient (Wildman–Crippen LogP) is 0.874. The first-order valence-corrected chi connectivity index (χ1v) is 6.31. The van der Waals surface area contributed by atoms with Gasteiger partial charge in [0.15, 0.2) is 5.82 Å². The van der Waals surface area contributed by atoms with Gasteiger partial charge in [-0.2, -0.15) is 5.10 Å². The van der Waals surface area contributed by atoms with E-state index in [1.807, 2.05) is 13.2 Å². The van der Waals surface area contributed by atoms with Crippen molar-refractivity contribution in [3.63, 3.8) is 0 Å². The average Bonchev–Trinajstić information content (AvgIpc) is 2.99. The standard InChI is InChI=1S/C12H20N6O/c1-10(8-19-3)18-7-6-14-12(18)13-5-4-11-15-9-17(2)16-11/h6-7,9-10H,4-5,8H2,1-3H3,(H,13,14). The summed E-state index contributed by atoms with van der Waals surface area (Å²) >= 11 is 0. The zero-order chi connectivity index (χ0) is 13.7. The minimum atomic E-state index is 0.253. The van der Waals surface area contributed by atoms with E-state index in [-0.39, 0.29) is 6.04 Å². The Kier molecular flexibility index (Phi) is 4.51. The van der Waals surface area contributed by atoms with E-state index in [0.717, 1.165) is 24.7 Å². The quantitative estimate of drug-likeness (QED) is 0.803. The number of ether oxygens (including phenoxy) is 1. The van der Waals surface area contributed by atoms with E-state index in [0.29, 0.717) is 6.61 Å². The number of nitrogens with one attached hydrogen (secondary N) is 1. The zero-order valence-corrected chi connectivity index (χ0v) is 11.6. The van der Waals surface area contributed by atoms with Gasteiger partial charge in [0.05, 0.1) is 12.6 Å². The molecule has 0 fully saturated rings. The van der Waals surface area contributed by atoms with Gasteiger partial charge in [0, 0.05) is 39.5 Å². The molecule has 0 aromatic carbocycles. The number of hydrogen-bond donors (Lipinski definition) is 1. The molecule has 2 heterocycles. The molecule has 0 radical (unpaired) electrons. The Morgan fingerprint density at radius 3 is 2.95 bits per heavy atom. The number of nitrogens with zero attached hydrogens (tertiary/aromatic N) is 5. The maximum Gasteiger partial charge on any atom is 0.203 e. The fourth-order valence-corrected chi connectivity index (χ4v) is 1.91. The molecule has 0 aliphatic carbocycles. The van der Waals surface area contributed by atoms with Gasteiger partial charge < -0.3 is 14.6 Å². The molecule has 1 unspecified atom stereocenters. The van der Waals surface area contributed by atoms with Gasteiger partial charge in [-0.3, -0.25) is 4.68 Å². The number of aryl methyl sites for hydroxylation is 1. The largest absolute Gasteiger partial charge is 0.383 e. The van der Waals surface area contributed by atoms with E-state index in [1.165, 1.54) is 0 Å². The van der Waals surface area contributed by atoms with Crippen molar-refractivity contribution in [1.29, 1.82) is 0 Å². The minimum absolute atomic E-state index is 0.253. The number of imidazole rings is 1. The van der Waals surface area contributed by atoms with Gasteiger partial charge in [-0.05, 0) is 6.92 Å². The first-order chi connectivity index (χ1) is 9.20. The topological polar surface area (TPSA) is 69.8 Å². The van der Waals surface area contributed by atoms with Crippen LogP contribution in [0.3, 0.4) is 0 Å². The molecule has 2 aromatic rings. The molecule has 2 aromatic heterocycles. The second-order valence-electron chi connectivity index (χ2n) is 4.47.